The number of fused-ring (bicyclic) bond motifs is 1. The highest BCUT2D eigenvalue weighted by molar-refractivity contribution is 9.10. The number of aromatic nitrogens is 1. The van der Waals surface area contributed by atoms with Crippen LogP contribution in [0.1, 0.15) is 20.9 Å². The van der Waals surface area contributed by atoms with E-state index >= 15 is 0 Å². The van der Waals surface area contributed by atoms with Gasteiger partial charge in [0.25, 0.3) is 5.91 Å². The van der Waals surface area contributed by atoms with Crippen molar-refractivity contribution in [1.29, 1.82) is 0 Å². The van der Waals surface area contributed by atoms with Gasteiger partial charge in [-0.2, -0.15) is 0 Å². The Morgan fingerprint density at radius 1 is 1.36 bits per heavy atom. The van der Waals surface area contributed by atoms with Crippen LogP contribution in [0, 0.1) is 0 Å². The SMILES string of the molecule is COC(=O)Nc1nc2c(s1)CN(C(=O)c1cc(OC)ccc1Br)CC2. The van der Waals surface area contributed by atoms with Crippen molar-refractivity contribution in [2.45, 2.75) is 13.0 Å². The second-order valence-corrected chi connectivity index (χ2v) is 7.27. The zero-order chi connectivity index (χ0) is 18.0. The van der Waals surface area contributed by atoms with E-state index in [0.29, 0.717) is 36.0 Å². The van der Waals surface area contributed by atoms with Crippen molar-refractivity contribution in [3.05, 3.63) is 38.8 Å². The number of amides is 2. The van der Waals surface area contributed by atoms with Gasteiger partial charge in [0.15, 0.2) is 5.13 Å². The molecule has 9 heteroatoms. The summed E-state index contributed by atoms with van der Waals surface area (Å²) in [4.78, 5) is 31.3. The van der Waals surface area contributed by atoms with Crippen molar-refractivity contribution >= 4 is 44.4 Å². The second-order valence-electron chi connectivity index (χ2n) is 5.33. The summed E-state index contributed by atoms with van der Waals surface area (Å²) in [5, 5.41) is 3.05. The minimum absolute atomic E-state index is 0.0766. The second kappa shape index (κ2) is 7.40. The Kier molecular flexibility index (Phi) is 5.24. The first-order valence-corrected chi connectivity index (χ1v) is 9.09. The van der Waals surface area contributed by atoms with E-state index in [4.69, 9.17) is 4.74 Å². The molecule has 2 heterocycles. The van der Waals surface area contributed by atoms with Crippen LogP contribution in [0.2, 0.25) is 0 Å². The van der Waals surface area contributed by atoms with Crippen LogP contribution in [0.4, 0.5) is 9.93 Å². The predicted molar refractivity (Wildman–Crippen MR) is 97.3 cm³/mol. The Bertz CT molecular complexity index is 824. The summed E-state index contributed by atoms with van der Waals surface area (Å²) >= 11 is 4.78. The predicted octanol–water partition coefficient (Wildman–Crippen LogP) is 3.29. The average molecular weight is 426 g/mol. The number of nitrogens with zero attached hydrogens (tertiary/aromatic N) is 2. The summed E-state index contributed by atoms with van der Waals surface area (Å²) in [6.07, 6.45) is 0.0847. The molecule has 25 heavy (non-hydrogen) atoms. The van der Waals surface area contributed by atoms with Crippen LogP contribution in [0.5, 0.6) is 5.75 Å². The van der Waals surface area contributed by atoms with Gasteiger partial charge in [0.2, 0.25) is 0 Å². The number of hydrogen-bond acceptors (Lipinski definition) is 6. The van der Waals surface area contributed by atoms with E-state index < -0.39 is 6.09 Å². The van der Waals surface area contributed by atoms with Crippen LogP contribution >= 0.6 is 27.3 Å². The molecule has 0 saturated heterocycles. The molecule has 1 aromatic heterocycles. The molecule has 0 atom stereocenters. The molecule has 1 N–H and O–H groups in total. The van der Waals surface area contributed by atoms with Gasteiger partial charge < -0.3 is 14.4 Å². The van der Waals surface area contributed by atoms with Crippen LogP contribution in [0.3, 0.4) is 0 Å². The third kappa shape index (κ3) is 3.77. The Hall–Kier alpha value is -2.13. The summed E-state index contributed by atoms with van der Waals surface area (Å²) in [5.74, 6) is 0.555. The first kappa shape index (κ1) is 17.7. The number of thiazole rings is 1. The summed E-state index contributed by atoms with van der Waals surface area (Å²) < 4.78 is 10.5. The van der Waals surface area contributed by atoms with E-state index in [1.165, 1.54) is 18.4 Å². The molecule has 0 bridgehead atoms. The van der Waals surface area contributed by atoms with Gasteiger partial charge in [-0.25, -0.2) is 9.78 Å². The van der Waals surface area contributed by atoms with Crippen LogP contribution in [0.15, 0.2) is 22.7 Å². The Morgan fingerprint density at radius 3 is 2.88 bits per heavy atom. The Labute approximate surface area is 157 Å². The van der Waals surface area contributed by atoms with Gasteiger partial charge in [-0.3, -0.25) is 10.1 Å². The fourth-order valence-corrected chi connectivity index (χ4v) is 3.95. The minimum Gasteiger partial charge on any atom is -0.497 e. The molecular weight excluding hydrogens is 410 g/mol. The molecule has 0 radical (unpaired) electrons. The maximum Gasteiger partial charge on any atom is 0.413 e. The molecule has 0 spiro atoms. The molecule has 1 aliphatic heterocycles. The van der Waals surface area contributed by atoms with Crippen LogP contribution in [0.25, 0.3) is 0 Å². The number of benzene rings is 1. The van der Waals surface area contributed by atoms with Crippen molar-refractivity contribution in [2.24, 2.45) is 0 Å². The van der Waals surface area contributed by atoms with E-state index in [2.05, 4.69) is 31.0 Å². The van der Waals surface area contributed by atoms with E-state index in [9.17, 15) is 9.59 Å². The number of carbonyl (C=O) groups is 2. The molecule has 0 saturated carbocycles. The third-order valence-electron chi connectivity index (χ3n) is 3.82. The van der Waals surface area contributed by atoms with Gasteiger partial charge in [-0.15, -0.1) is 0 Å². The zero-order valence-electron chi connectivity index (χ0n) is 13.7. The number of rotatable bonds is 3. The topological polar surface area (TPSA) is 80.8 Å². The van der Waals surface area contributed by atoms with Gasteiger partial charge >= 0.3 is 6.09 Å². The maximum atomic E-state index is 12.9. The van der Waals surface area contributed by atoms with Gasteiger partial charge in [0, 0.05) is 22.3 Å². The lowest BCUT2D eigenvalue weighted by atomic mass is 10.1. The van der Waals surface area contributed by atoms with Crippen LogP contribution in [-0.2, 0) is 17.7 Å². The van der Waals surface area contributed by atoms with E-state index in [-0.39, 0.29) is 5.91 Å². The lowest BCUT2D eigenvalue weighted by Gasteiger charge is -2.26. The zero-order valence-corrected chi connectivity index (χ0v) is 16.1. The van der Waals surface area contributed by atoms with Gasteiger partial charge in [-0.05, 0) is 34.1 Å². The highest BCUT2D eigenvalue weighted by Crippen LogP contribution is 2.30. The quantitative estimate of drug-likeness (QED) is 0.815. The molecule has 2 aromatic rings. The lowest BCUT2D eigenvalue weighted by molar-refractivity contribution is 0.0735. The largest absolute Gasteiger partial charge is 0.497 e. The normalized spacial score (nSPS) is 13.2. The minimum atomic E-state index is -0.556. The number of ether oxygens (including phenoxy) is 2. The number of carbonyl (C=O) groups excluding carboxylic acids is 2. The van der Waals surface area contributed by atoms with Crippen LogP contribution < -0.4 is 10.1 Å². The van der Waals surface area contributed by atoms with Crippen molar-refractivity contribution in [2.75, 3.05) is 26.1 Å². The van der Waals surface area contributed by atoms with Crippen LogP contribution in [-0.4, -0.2) is 42.6 Å². The van der Waals surface area contributed by atoms with E-state index in [1.54, 1.807) is 30.2 Å². The highest BCUT2D eigenvalue weighted by Gasteiger charge is 2.26. The smallest absolute Gasteiger partial charge is 0.413 e. The molecule has 1 aromatic carbocycles. The summed E-state index contributed by atoms with van der Waals surface area (Å²) in [6.45, 7) is 1.02. The first-order chi connectivity index (χ1) is 12.0. The number of halogens is 1. The maximum absolute atomic E-state index is 12.9. The monoisotopic (exact) mass is 425 g/mol. The molecule has 7 nitrogen and oxygen atoms in total. The van der Waals surface area contributed by atoms with E-state index in [1.807, 2.05) is 0 Å². The molecular formula is C16H16BrN3O4S. The molecule has 0 fully saturated rings. The number of nitrogens with one attached hydrogen (secondary N) is 1. The fraction of sp³-hybridized carbons (Fsp3) is 0.312. The van der Waals surface area contributed by atoms with Gasteiger partial charge in [0.1, 0.15) is 5.75 Å². The highest BCUT2D eigenvalue weighted by atomic mass is 79.9. The Morgan fingerprint density at radius 2 is 2.16 bits per heavy atom. The van der Waals surface area contributed by atoms with Crippen molar-refractivity contribution < 1.29 is 19.1 Å². The van der Waals surface area contributed by atoms with Crippen molar-refractivity contribution in [1.82, 2.24) is 9.88 Å². The van der Waals surface area contributed by atoms with Gasteiger partial charge in [-0.1, -0.05) is 11.3 Å². The fourth-order valence-electron chi connectivity index (χ4n) is 2.53. The number of hydrogen-bond donors (Lipinski definition) is 1. The van der Waals surface area contributed by atoms with Crippen molar-refractivity contribution in [3.8, 4) is 5.75 Å². The number of anilines is 1. The van der Waals surface area contributed by atoms with E-state index in [0.717, 1.165) is 15.0 Å². The molecule has 0 aliphatic carbocycles. The molecule has 1 aliphatic rings. The van der Waals surface area contributed by atoms with Crippen molar-refractivity contribution in [3.63, 3.8) is 0 Å². The first-order valence-electron chi connectivity index (χ1n) is 7.48. The molecule has 0 unspecified atom stereocenters. The summed E-state index contributed by atoms with van der Waals surface area (Å²) in [5.41, 5.74) is 1.46. The average Bonchev–Trinajstić information content (AvgIpc) is 3.02. The molecule has 2 amide bonds. The lowest BCUT2D eigenvalue weighted by Crippen LogP contribution is -2.35. The third-order valence-corrected chi connectivity index (χ3v) is 5.51. The molecule has 132 valence electrons. The summed E-state index contributed by atoms with van der Waals surface area (Å²) in [7, 11) is 2.87. The summed E-state index contributed by atoms with van der Waals surface area (Å²) in [6, 6.07) is 5.31. The molecule has 3 rings (SSSR count). The standard InChI is InChI=1S/C16H16BrN3O4S/c1-23-9-3-4-11(17)10(7-9)14(21)20-6-5-12-13(8-20)25-15(18-12)19-16(22)24-2/h3-4,7H,5-6,8H2,1-2H3,(H,18,19,22). The Balaban J connectivity index is 1.78. The van der Waals surface area contributed by atoms with Gasteiger partial charge in [0.05, 0.1) is 32.0 Å². The number of methoxy groups -OCH3 is 2.